The van der Waals surface area contributed by atoms with Gasteiger partial charge in [0.1, 0.15) is 4.90 Å². The van der Waals surface area contributed by atoms with E-state index in [0.717, 1.165) is 31.1 Å². The number of pyridine rings is 1. The molecule has 1 aromatic carbocycles. The van der Waals surface area contributed by atoms with Gasteiger partial charge in [0.2, 0.25) is 0 Å². The van der Waals surface area contributed by atoms with Crippen molar-refractivity contribution in [2.75, 3.05) is 6.61 Å². The summed E-state index contributed by atoms with van der Waals surface area (Å²) < 4.78 is 29.6. The predicted octanol–water partition coefficient (Wildman–Crippen LogP) is 3.52. The lowest BCUT2D eigenvalue weighted by Gasteiger charge is -2.08. The third-order valence-electron chi connectivity index (χ3n) is 3.15. The Morgan fingerprint density at radius 3 is 2.80 bits per heavy atom. The molecule has 0 saturated carbocycles. The lowest BCUT2D eigenvalue weighted by atomic mass is 10.2. The number of fused-ring (bicyclic) bond motifs is 1. The zero-order valence-electron chi connectivity index (χ0n) is 11.6. The molecule has 0 aliphatic carbocycles. The van der Waals surface area contributed by atoms with Gasteiger partial charge in [0.05, 0.1) is 6.61 Å². The molecule has 0 aliphatic heterocycles. The van der Waals surface area contributed by atoms with E-state index in [-0.39, 0.29) is 11.5 Å². The van der Waals surface area contributed by atoms with Crippen molar-refractivity contribution in [3.63, 3.8) is 0 Å². The predicted molar refractivity (Wildman–Crippen MR) is 79.0 cm³/mol. The van der Waals surface area contributed by atoms with Crippen molar-refractivity contribution >= 4 is 20.9 Å². The first-order chi connectivity index (χ1) is 9.65. The van der Waals surface area contributed by atoms with Gasteiger partial charge in [-0.2, -0.15) is 8.42 Å². The Bertz CT molecular complexity index is 662. The van der Waals surface area contributed by atoms with Crippen LogP contribution < -0.4 is 0 Å². The second-order valence-corrected chi connectivity index (χ2v) is 6.27. The van der Waals surface area contributed by atoms with Crippen molar-refractivity contribution in [3.05, 3.63) is 36.7 Å². The molecule has 0 N–H and O–H groups in total. The maximum absolute atomic E-state index is 12.2. The summed E-state index contributed by atoms with van der Waals surface area (Å²) in [5, 5.41) is 1.44. The van der Waals surface area contributed by atoms with E-state index in [1.165, 1.54) is 0 Å². The van der Waals surface area contributed by atoms with E-state index in [1.54, 1.807) is 30.6 Å². The van der Waals surface area contributed by atoms with Crippen molar-refractivity contribution in [1.29, 1.82) is 0 Å². The van der Waals surface area contributed by atoms with Crippen LogP contribution in [0, 0.1) is 0 Å². The minimum Gasteiger partial charge on any atom is -0.266 e. The summed E-state index contributed by atoms with van der Waals surface area (Å²) in [5.74, 6) is 0. The molecule has 0 amide bonds. The van der Waals surface area contributed by atoms with E-state index < -0.39 is 10.1 Å². The highest BCUT2D eigenvalue weighted by atomic mass is 32.2. The van der Waals surface area contributed by atoms with Gasteiger partial charge in [-0.05, 0) is 18.6 Å². The third-order valence-corrected chi connectivity index (χ3v) is 4.52. The maximum Gasteiger partial charge on any atom is 0.297 e. The van der Waals surface area contributed by atoms with Crippen molar-refractivity contribution in [3.8, 4) is 0 Å². The van der Waals surface area contributed by atoms with Gasteiger partial charge < -0.3 is 0 Å². The molecule has 0 unspecified atom stereocenters. The van der Waals surface area contributed by atoms with Crippen LogP contribution in [-0.2, 0) is 14.3 Å². The minimum absolute atomic E-state index is 0.216. The molecule has 0 aliphatic rings. The highest BCUT2D eigenvalue weighted by Gasteiger charge is 2.17. The first kappa shape index (κ1) is 14.9. The van der Waals surface area contributed by atoms with Crippen LogP contribution in [0.25, 0.3) is 10.8 Å². The van der Waals surface area contributed by atoms with Crippen molar-refractivity contribution < 1.29 is 12.6 Å². The topological polar surface area (TPSA) is 56.3 Å². The molecule has 2 aromatic rings. The molecule has 1 heterocycles. The van der Waals surface area contributed by atoms with E-state index in [2.05, 4.69) is 11.9 Å². The summed E-state index contributed by atoms with van der Waals surface area (Å²) in [6.45, 7) is 2.35. The number of unbranched alkanes of at least 4 members (excludes halogenated alkanes) is 3. The highest BCUT2D eigenvalue weighted by molar-refractivity contribution is 7.87. The third kappa shape index (κ3) is 3.55. The Kier molecular flexibility index (Phi) is 5.09. The summed E-state index contributed by atoms with van der Waals surface area (Å²) in [7, 11) is -3.70. The summed E-state index contributed by atoms with van der Waals surface area (Å²) in [5.41, 5.74) is 0. The van der Waals surface area contributed by atoms with Crippen LogP contribution in [0.2, 0.25) is 0 Å². The summed E-state index contributed by atoms with van der Waals surface area (Å²) in [4.78, 5) is 4.21. The SMILES string of the molecule is CCCCCCOS(=O)(=O)c1cccc2cnccc12. The fourth-order valence-electron chi connectivity index (χ4n) is 2.07. The van der Waals surface area contributed by atoms with Crippen LogP contribution in [-0.4, -0.2) is 20.0 Å². The lowest BCUT2D eigenvalue weighted by molar-refractivity contribution is 0.307. The molecule has 4 nitrogen and oxygen atoms in total. The number of rotatable bonds is 7. The smallest absolute Gasteiger partial charge is 0.266 e. The Hall–Kier alpha value is -1.46. The Morgan fingerprint density at radius 2 is 2.00 bits per heavy atom. The molecular formula is C15H19NO3S. The normalized spacial score (nSPS) is 11.8. The first-order valence-corrected chi connectivity index (χ1v) is 8.28. The molecule has 20 heavy (non-hydrogen) atoms. The van der Waals surface area contributed by atoms with Crippen LogP contribution in [0.4, 0.5) is 0 Å². The molecule has 0 atom stereocenters. The van der Waals surface area contributed by atoms with Crippen molar-refractivity contribution in [2.24, 2.45) is 0 Å². The molecule has 0 spiro atoms. The molecule has 0 saturated heterocycles. The van der Waals surface area contributed by atoms with Crippen LogP contribution in [0.3, 0.4) is 0 Å². The van der Waals surface area contributed by atoms with Crippen molar-refractivity contribution in [2.45, 2.75) is 37.5 Å². The van der Waals surface area contributed by atoms with E-state index >= 15 is 0 Å². The molecule has 2 rings (SSSR count). The van der Waals surface area contributed by atoms with Gasteiger partial charge in [0.25, 0.3) is 10.1 Å². The van der Waals surface area contributed by atoms with Gasteiger partial charge in [0, 0.05) is 23.2 Å². The van der Waals surface area contributed by atoms with Crippen LogP contribution in [0.15, 0.2) is 41.6 Å². The highest BCUT2D eigenvalue weighted by Crippen LogP contribution is 2.23. The first-order valence-electron chi connectivity index (χ1n) is 6.87. The molecule has 108 valence electrons. The number of hydrogen-bond donors (Lipinski definition) is 0. The van der Waals surface area contributed by atoms with Crippen molar-refractivity contribution in [1.82, 2.24) is 4.98 Å². The van der Waals surface area contributed by atoms with Crippen LogP contribution in [0.5, 0.6) is 0 Å². The van der Waals surface area contributed by atoms with E-state index in [9.17, 15) is 8.42 Å². The lowest BCUT2D eigenvalue weighted by Crippen LogP contribution is -2.08. The molecular weight excluding hydrogens is 274 g/mol. The maximum atomic E-state index is 12.2. The summed E-state index contributed by atoms with van der Waals surface area (Å²) in [6, 6.07) is 6.81. The van der Waals surface area contributed by atoms with E-state index in [4.69, 9.17) is 4.18 Å². The molecule has 5 heteroatoms. The van der Waals surface area contributed by atoms with Gasteiger partial charge in [-0.1, -0.05) is 38.3 Å². The molecule has 1 aromatic heterocycles. The number of hydrogen-bond acceptors (Lipinski definition) is 4. The van der Waals surface area contributed by atoms with E-state index in [0.29, 0.717) is 5.39 Å². The Balaban J connectivity index is 2.15. The average molecular weight is 293 g/mol. The van der Waals surface area contributed by atoms with Gasteiger partial charge in [-0.3, -0.25) is 9.17 Å². The number of nitrogens with zero attached hydrogens (tertiary/aromatic N) is 1. The minimum atomic E-state index is -3.70. The quantitative estimate of drug-likeness (QED) is 0.579. The second-order valence-electron chi connectivity index (χ2n) is 4.69. The zero-order chi connectivity index (χ0) is 14.4. The molecule has 0 radical (unpaired) electrons. The zero-order valence-corrected chi connectivity index (χ0v) is 12.4. The monoisotopic (exact) mass is 293 g/mol. The standard InChI is InChI=1S/C15H19NO3S/c1-2-3-4-5-11-19-20(17,18)15-8-6-7-13-12-16-10-9-14(13)15/h6-10,12H,2-5,11H2,1H3. The fourth-order valence-corrected chi connectivity index (χ4v) is 3.24. The van der Waals surface area contributed by atoms with Gasteiger partial charge in [0.15, 0.2) is 0 Å². The summed E-state index contributed by atoms with van der Waals surface area (Å²) in [6.07, 6.45) is 7.20. The van der Waals surface area contributed by atoms with Gasteiger partial charge in [-0.15, -0.1) is 0 Å². The average Bonchev–Trinajstić information content (AvgIpc) is 2.46. The number of benzene rings is 1. The van der Waals surface area contributed by atoms with Crippen LogP contribution in [0.1, 0.15) is 32.6 Å². The summed E-state index contributed by atoms with van der Waals surface area (Å²) >= 11 is 0. The van der Waals surface area contributed by atoms with E-state index in [1.807, 2.05) is 6.07 Å². The number of aromatic nitrogens is 1. The Morgan fingerprint density at radius 1 is 1.15 bits per heavy atom. The molecule has 0 bridgehead atoms. The Labute approximate surface area is 119 Å². The molecule has 0 fully saturated rings. The fraction of sp³-hybridized carbons (Fsp3) is 0.400. The van der Waals surface area contributed by atoms with Gasteiger partial charge in [-0.25, -0.2) is 0 Å². The largest absolute Gasteiger partial charge is 0.297 e. The van der Waals surface area contributed by atoms with Crippen LogP contribution >= 0.6 is 0 Å². The van der Waals surface area contributed by atoms with Gasteiger partial charge >= 0.3 is 0 Å². The second kappa shape index (κ2) is 6.81.